The third kappa shape index (κ3) is 3.87. The van der Waals surface area contributed by atoms with Gasteiger partial charge in [-0.2, -0.15) is 0 Å². The van der Waals surface area contributed by atoms with Crippen LogP contribution in [0, 0.1) is 0 Å². The summed E-state index contributed by atoms with van der Waals surface area (Å²) in [6.07, 6.45) is 5.93. The van der Waals surface area contributed by atoms with Crippen molar-refractivity contribution >= 4 is 19.2 Å². The van der Waals surface area contributed by atoms with Crippen LogP contribution < -0.4 is 0 Å². The van der Waals surface area contributed by atoms with E-state index in [1.807, 2.05) is 0 Å². The van der Waals surface area contributed by atoms with Crippen LogP contribution in [-0.2, 0) is 0 Å². The van der Waals surface area contributed by atoms with Crippen molar-refractivity contribution in [2.24, 2.45) is 0 Å². The van der Waals surface area contributed by atoms with Gasteiger partial charge in [0.15, 0.2) is 0 Å². The van der Waals surface area contributed by atoms with Gasteiger partial charge in [-0.3, -0.25) is 0 Å². The molecule has 0 N–H and O–H groups in total. The standard InChI is InChI=1S/C11H27NSi2/c1-10-6-4-7-11(2)12(10)14-9-5-8-13-3/h10-11H,4-9,13-14H2,1-3H3. The quantitative estimate of drug-likeness (QED) is 0.513. The maximum Gasteiger partial charge on any atom is 0.0956 e. The van der Waals surface area contributed by atoms with E-state index in [0.717, 1.165) is 12.1 Å². The zero-order chi connectivity index (χ0) is 10.4. The first-order valence-corrected chi connectivity index (χ1v) is 10.6. The fourth-order valence-electron chi connectivity index (χ4n) is 2.64. The molecule has 14 heavy (non-hydrogen) atoms. The molecule has 0 aliphatic carbocycles. The zero-order valence-electron chi connectivity index (χ0n) is 10.3. The Bertz CT molecular complexity index is 142. The summed E-state index contributed by atoms with van der Waals surface area (Å²) in [7, 11) is 0.449. The minimum atomic E-state index is 0.106. The second-order valence-electron chi connectivity index (χ2n) is 4.93. The molecule has 0 spiro atoms. The largest absolute Gasteiger partial charge is 0.324 e. The average molecular weight is 230 g/mol. The minimum Gasteiger partial charge on any atom is -0.324 e. The molecular formula is C11H27NSi2. The molecule has 3 heteroatoms. The Labute approximate surface area is 94.4 Å². The molecular weight excluding hydrogens is 202 g/mol. The van der Waals surface area contributed by atoms with Crippen molar-refractivity contribution in [3.8, 4) is 0 Å². The van der Waals surface area contributed by atoms with E-state index in [2.05, 4.69) is 25.0 Å². The van der Waals surface area contributed by atoms with Gasteiger partial charge in [0.25, 0.3) is 0 Å². The van der Waals surface area contributed by atoms with Crippen molar-refractivity contribution in [3.05, 3.63) is 0 Å². The summed E-state index contributed by atoms with van der Waals surface area (Å²) in [5.41, 5.74) is 0. The van der Waals surface area contributed by atoms with Crippen LogP contribution >= 0.6 is 0 Å². The molecule has 1 aliphatic heterocycles. The van der Waals surface area contributed by atoms with E-state index >= 15 is 0 Å². The molecule has 1 saturated heterocycles. The molecule has 0 bridgehead atoms. The van der Waals surface area contributed by atoms with Gasteiger partial charge in [-0.1, -0.05) is 45.3 Å². The zero-order valence-corrected chi connectivity index (χ0v) is 13.1. The molecule has 0 amide bonds. The maximum atomic E-state index is 2.88. The van der Waals surface area contributed by atoms with E-state index in [4.69, 9.17) is 0 Å². The highest BCUT2D eigenvalue weighted by molar-refractivity contribution is 6.34. The van der Waals surface area contributed by atoms with Gasteiger partial charge in [0.1, 0.15) is 0 Å². The van der Waals surface area contributed by atoms with Crippen molar-refractivity contribution in [2.45, 2.75) is 70.2 Å². The molecule has 1 aliphatic rings. The molecule has 0 radical (unpaired) electrons. The van der Waals surface area contributed by atoms with Gasteiger partial charge in [0, 0.05) is 21.6 Å². The van der Waals surface area contributed by atoms with E-state index in [1.165, 1.54) is 19.3 Å². The van der Waals surface area contributed by atoms with Crippen LogP contribution in [0.1, 0.15) is 39.5 Å². The van der Waals surface area contributed by atoms with E-state index in [-0.39, 0.29) is 9.68 Å². The highest BCUT2D eigenvalue weighted by Crippen LogP contribution is 2.21. The summed E-state index contributed by atoms with van der Waals surface area (Å²) >= 11 is 0. The highest BCUT2D eigenvalue weighted by atomic mass is 28.2. The average Bonchev–Trinajstić information content (AvgIpc) is 2.16. The summed E-state index contributed by atoms with van der Waals surface area (Å²) in [6.45, 7) is 7.32. The number of piperidine rings is 1. The highest BCUT2D eigenvalue weighted by Gasteiger charge is 2.23. The maximum absolute atomic E-state index is 2.88. The Kier molecular flexibility index (Phi) is 6.05. The van der Waals surface area contributed by atoms with E-state index in [9.17, 15) is 0 Å². The Morgan fingerprint density at radius 1 is 1.14 bits per heavy atom. The van der Waals surface area contributed by atoms with Crippen LogP contribution in [-0.4, -0.2) is 35.8 Å². The van der Waals surface area contributed by atoms with Crippen molar-refractivity contribution in [1.29, 1.82) is 0 Å². The molecule has 0 saturated carbocycles. The lowest BCUT2D eigenvalue weighted by Gasteiger charge is -2.39. The molecule has 1 heterocycles. The topological polar surface area (TPSA) is 3.24 Å². The van der Waals surface area contributed by atoms with Gasteiger partial charge in [-0.15, -0.1) is 0 Å². The smallest absolute Gasteiger partial charge is 0.0956 e. The second kappa shape index (κ2) is 6.80. The lowest BCUT2D eigenvalue weighted by molar-refractivity contribution is 0.205. The van der Waals surface area contributed by atoms with Crippen molar-refractivity contribution in [2.75, 3.05) is 0 Å². The Morgan fingerprint density at radius 3 is 2.36 bits per heavy atom. The Hall–Kier alpha value is 0.394. The van der Waals surface area contributed by atoms with Gasteiger partial charge < -0.3 is 4.57 Å². The van der Waals surface area contributed by atoms with Crippen LogP contribution in [0.25, 0.3) is 0 Å². The van der Waals surface area contributed by atoms with Crippen LogP contribution in [0.5, 0.6) is 0 Å². The number of rotatable bonds is 5. The molecule has 2 atom stereocenters. The molecule has 2 unspecified atom stereocenters. The van der Waals surface area contributed by atoms with E-state index < -0.39 is 0 Å². The second-order valence-corrected chi connectivity index (χ2v) is 8.52. The fraction of sp³-hybridized carbons (Fsp3) is 1.00. The summed E-state index contributed by atoms with van der Waals surface area (Å²) in [5.74, 6) is 0. The lowest BCUT2D eigenvalue weighted by Crippen LogP contribution is -2.45. The SMILES string of the molecule is C[SiH2]CCC[SiH2]N1C(C)CCCC1C. The summed E-state index contributed by atoms with van der Waals surface area (Å²) in [5, 5.41) is 0. The van der Waals surface area contributed by atoms with Crippen LogP contribution in [0.15, 0.2) is 0 Å². The van der Waals surface area contributed by atoms with Gasteiger partial charge in [-0.25, -0.2) is 0 Å². The van der Waals surface area contributed by atoms with Crippen molar-refractivity contribution in [1.82, 2.24) is 4.57 Å². The summed E-state index contributed by atoms with van der Waals surface area (Å²) in [6, 6.07) is 4.98. The number of nitrogens with zero attached hydrogens (tertiary/aromatic N) is 1. The van der Waals surface area contributed by atoms with Crippen molar-refractivity contribution in [3.63, 3.8) is 0 Å². The van der Waals surface area contributed by atoms with E-state index in [0.29, 0.717) is 9.52 Å². The predicted molar refractivity (Wildman–Crippen MR) is 71.8 cm³/mol. The van der Waals surface area contributed by atoms with Crippen LogP contribution in [0.4, 0.5) is 0 Å². The third-order valence-corrected chi connectivity index (χ3v) is 7.43. The third-order valence-electron chi connectivity index (χ3n) is 3.65. The summed E-state index contributed by atoms with van der Waals surface area (Å²) < 4.78 is 2.88. The molecule has 1 rings (SSSR count). The number of hydrogen-bond donors (Lipinski definition) is 0. The predicted octanol–water partition coefficient (Wildman–Crippen LogP) is 1.78. The normalized spacial score (nSPS) is 31.1. The molecule has 84 valence electrons. The van der Waals surface area contributed by atoms with Crippen LogP contribution in [0.3, 0.4) is 0 Å². The first-order chi connectivity index (χ1) is 6.75. The molecule has 0 aromatic carbocycles. The monoisotopic (exact) mass is 229 g/mol. The van der Waals surface area contributed by atoms with E-state index in [1.54, 1.807) is 18.5 Å². The van der Waals surface area contributed by atoms with Gasteiger partial charge in [0.05, 0.1) is 9.68 Å². The molecule has 1 fully saturated rings. The summed E-state index contributed by atoms with van der Waals surface area (Å²) in [4.78, 5) is 0. The Morgan fingerprint density at radius 2 is 1.79 bits per heavy atom. The van der Waals surface area contributed by atoms with Crippen molar-refractivity contribution < 1.29 is 0 Å². The minimum absolute atomic E-state index is 0.106. The van der Waals surface area contributed by atoms with Crippen LogP contribution in [0.2, 0.25) is 18.6 Å². The molecule has 0 aromatic heterocycles. The first-order valence-electron chi connectivity index (χ1n) is 6.51. The first kappa shape index (κ1) is 12.5. The fourth-order valence-corrected chi connectivity index (χ4v) is 6.39. The van der Waals surface area contributed by atoms with Gasteiger partial charge in [0.2, 0.25) is 0 Å². The molecule has 0 aromatic rings. The lowest BCUT2D eigenvalue weighted by atomic mass is 10.0. The molecule has 1 nitrogen and oxygen atoms in total. The number of hydrogen-bond acceptors (Lipinski definition) is 1. The van der Waals surface area contributed by atoms with Gasteiger partial charge >= 0.3 is 0 Å². The van der Waals surface area contributed by atoms with Gasteiger partial charge in [-0.05, 0) is 12.8 Å². The Balaban J connectivity index is 2.19.